The number of pyridine rings is 1. The van der Waals surface area contributed by atoms with Gasteiger partial charge in [0.15, 0.2) is 0 Å². The van der Waals surface area contributed by atoms with E-state index in [9.17, 15) is 9.59 Å². The van der Waals surface area contributed by atoms with Crippen molar-refractivity contribution in [2.24, 2.45) is 0 Å². The molecule has 0 aliphatic rings. The minimum atomic E-state index is -0.340. The summed E-state index contributed by atoms with van der Waals surface area (Å²) in [4.78, 5) is 27.2. The van der Waals surface area contributed by atoms with Crippen LogP contribution in [0.5, 0.6) is 0 Å². The van der Waals surface area contributed by atoms with Gasteiger partial charge in [-0.3, -0.25) is 14.6 Å². The average molecular weight is 245 g/mol. The molecule has 0 bridgehead atoms. The molecule has 1 aromatic heterocycles. The van der Waals surface area contributed by atoms with Crippen LogP contribution in [0.3, 0.4) is 0 Å². The van der Waals surface area contributed by atoms with E-state index in [4.69, 9.17) is 0 Å². The second kappa shape index (κ2) is 7.01. The molecule has 0 fully saturated rings. The van der Waals surface area contributed by atoms with Crippen LogP contribution < -0.4 is 10.6 Å². The van der Waals surface area contributed by atoms with Crippen molar-refractivity contribution in [1.29, 1.82) is 0 Å². The van der Waals surface area contributed by atoms with Crippen molar-refractivity contribution in [1.82, 2.24) is 15.6 Å². The Morgan fingerprint density at radius 1 is 1.17 bits per heavy atom. The Kier molecular flexibility index (Phi) is 5.31. The summed E-state index contributed by atoms with van der Waals surface area (Å²) >= 11 is 0. The summed E-state index contributed by atoms with van der Waals surface area (Å²) in [6, 6.07) is 2.99. The SMILES string of the molecule is C=CCNC(=O)c1ccnc(C(=O)NCC=C)c1. The third-order valence-electron chi connectivity index (χ3n) is 2.07. The lowest BCUT2D eigenvalue weighted by Gasteiger charge is -2.05. The van der Waals surface area contributed by atoms with Gasteiger partial charge in [-0.15, -0.1) is 13.2 Å². The van der Waals surface area contributed by atoms with Crippen LogP contribution in [0.15, 0.2) is 43.6 Å². The normalized spacial score (nSPS) is 9.33. The zero-order valence-corrected chi connectivity index (χ0v) is 9.98. The van der Waals surface area contributed by atoms with Crippen molar-refractivity contribution < 1.29 is 9.59 Å². The van der Waals surface area contributed by atoms with Crippen molar-refractivity contribution in [3.63, 3.8) is 0 Å². The maximum Gasteiger partial charge on any atom is 0.270 e. The molecule has 1 heterocycles. The monoisotopic (exact) mass is 245 g/mol. The van der Waals surface area contributed by atoms with Crippen molar-refractivity contribution in [2.75, 3.05) is 13.1 Å². The van der Waals surface area contributed by atoms with E-state index in [1.54, 1.807) is 18.2 Å². The fourth-order valence-electron chi connectivity index (χ4n) is 1.22. The first kappa shape index (κ1) is 13.6. The van der Waals surface area contributed by atoms with Gasteiger partial charge in [0.1, 0.15) is 5.69 Å². The van der Waals surface area contributed by atoms with E-state index in [2.05, 4.69) is 28.8 Å². The van der Waals surface area contributed by atoms with E-state index in [0.717, 1.165) is 0 Å². The van der Waals surface area contributed by atoms with Crippen LogP contribution in [0.25, 0.3) is 0 Å². The summed E-state index contributed by atoms with van der Waals surface area (Å²) in [5, 5.41) is 5.22. The van der Waals surface area contributed by atoms with Crippen LogP contribution in [0.1, 0.15) is 20.8 Å². The molecular weight excluding hydrogens is 230 g/mol. The van der Waals surface area contributed by atoms with E-state index < -0.39 is 0 Å². The predicted octanol–water partition coefficient (Wildman–Crippen LogP) is 0.913. The minimum absolute atomic E-state index is 0.197. The largest absolute Gasteiger partial charge is 0.349 e. The van der Waals surface area contributed by atoms with E-state index in [1.807, 2.05) is 0 Å². The lowest BCUT2D eigenvalue weighted by molar-refractivity contribution is 0.0953. The Balaban J connectivity index is 2.78. The number of nitrogens with one attached hydrogen (secondary N) is 2. The topological polar surface area (TPSA) is 71.1 Å². The molecular formula is C13H15N3O2. The van der Waals surface area contributed by atoms with E-state index in [0.29, 0.717) is 18.7 Å². The van der Waals surface area contributed by atoms with Crippen LogP contribution in [0, 0.1) is 0 Å². The van der Waals surface area contributed by atoms with Crippen LogP contribution in [0.2, 0.25) is 0 Å². The summed E-state index contributed by atoms with van der Waals surface area (Å²) in [6.07, 6.45) is 4.57. The van der Waals surface area contributed by atoms with Crippen molar-refractivity contribution in [2.45, 2.75) is 0 Å². The van der Waals surface area contributed by atoms with Gasteiger partial charge in [0.2, 0.25) is 0 Å². The molecule has 0 saturated carbocycles. The molecule has 2 N–H and O–H groups in total. The van der Waals surface area contributed by atoms with Gasteiger partial charge >= 0.3 is 0 Å². The highest BCUT2D eigenvalue weighted by Crippen LogP contribution is 2.02. The molecule has 5 nitrogen and oxygen atoms in total. The number of hydrogen-bond acceptors (Lipinski definition) is 3. The number of hydrogen-bond donors (Lipinski definition) is 2. The van der Waals surface area contributed by atoms with E-state index >= 15 is 0 Å². The first-order chi connectivity index (χ1) is 8.69. The summed E-state index contributed by atoms with van der Waals surface area (Å²) in [6.45, 7) is 7.73. The van der Waals surface area contributed by atoms with Gasteiger partial charge in [0.05, 0.1) is 0 Å². The van der Waals surface area contributed by atoms with Crippen LogP contribution in [0.4, 0.5) is 0 Å². The van der Waals surface area contributed by atoms with Gasteiger partial charge in [-0.25, -0.2) is 0 Å². The first-order valence-corrected chi connectivity index (χ1v) is 5.43. The Morgan fingerprint density at radius 3 is 2.39 bits per heavy atom. The molecule has 1 aromatic rings. The van der Waals surface area contributed by atoms with Crippen LogP contribution in [-0.2, 0) is 0 Å². The quantitative estimate of drug-likeness (QED) is 0.732. The third-order valence-corrected chi connectivity index (χ3v) is 2.07. The summed E-state index contributed by atoms with van der Waals surface area (Å²) in [5.74, 6) is -0.608. The lowest BCUT2D eigenvalue weighted by Crippen LogP contribution is -2.26. The highest BCUT2D eigenvalue weighted by molar-refractivity contribution is 5.98. The lowest BCUT2D eigenvalue weighted by atomic mass is 10.2. The van der Waals surface area contributed by atoms with Gasteiger partial charge in [-0.2, -0.15) is 0 Å². The third kappa shape index (κ3) is 3.86. The molecule has 0 spiro atoms. The molecule has 0 saturated heterocycles. The number of carbonyl (C=O) groups excluding carboxylic acids is 2. The van der Waals surface area contributed by atoms with E-state index in [-0.39, 0.29) is 17.5 Å². The number of rotatable bonds is 6. The Morgan fingerprint density at radius 2 is 1.78 bits per heavy atom. The number of carbonyl (C=O) groups is 2. The molecule has 0 aliphatic heterocycles. The molecule has 5 heteroatoms. The van der Waals surface area contributed by atoms with Gasteiger partial charge in [0.25, 0.3) is 11.8 Å². The standard InChI is InChI=1S/C13H15N3O2/c1-3-6-15-12(17)10-5-8-14-11(9-10)13(18)16-7-4-2/h3-5,8-9H,1-2,6-7H2,(H,15,17)(H,16,18). The molecule has 94 valence electrons. The fourth-order valence-corrected chi connectivity index (χ4v) is 1.22. The van der Waals surface area contributed by atoms with Crippen LogP contribution >= 0.6 is 0 Å². The molecule has 0 aliphatic carbocycles. The molecule has 0 atom stereocenters. The molecule has 0 aromatic carbocycles. The Hall–Kier alpha value is -2.43. The number of amides is 2. The minimum Gasteiger partial charge on any atom is -0.349 e. The van der Waals surface area contributed by atoms with Crippen LogP contribution in [-0.4, -0.2) is 29.9 Å². The predicted molar refractivity (Wildman–Crippen MR) is 69.3 cm³/mol. The molecule has 2 amide bonds. The smallest absolute Gasteiger partial charge is 0.270 e. The zero-order valence-electron chi connectivity index (χ0n) is 9.98. The maximum atomic E-state index is 11.7. The number of nitrogens with zero attached hydrogens (tertiary/aromatic N) is 1. The van der Waals surface area contributed by atoms with Gasteiger partial charge in [0, 0.05) is 24.8 Å². The average Bonchev–Trinajstić information content (AvgIpc) is 2.42. The Bertz CT molecular complexity index is 430. The summed E-state index contributed by atoms with van der Waals surface area (Å²) < 4.78 is 0. The van der Waals surface area contributed by atoms with Crippen molar-refractivity contribution >= 4 is 11.8 Å². The van der Waals surface area contributed by atoms with Gasteiger partial charge in [-0.05, 0) is 12.1 Å². The highest BCUT2D eigenvalue weighted by atomic mass is 16.2. The zero-order chi connectivity index (χ0) is 13.4. The number of aromatic nitrogens is 1. The summed E-state index contributed by atoms with van der Waals surface area (Å²) in [7, 11) is 0. The van der Waals surface area contributed by atoms with Gasteiger partial charge in [-0.1, -0.05) is 12.2 Å². The first-order valence-electron chi connectivity index (χ1n) is 5.43. The highest BCUT2D eigenvalue weighted by Gasteiger charge is 2.10. The Labute approximate surface area is 106 Å². The van der Waals surface area contributed by atoms with Crippen molar-refractivity contribution in [3.05, 3.63) is 54.9 Å². The fraction of sp³-hybridized carbons (Fsp3) is 0.154. The van der Waals surface area contributed by atoms with E-state index in [1.165, 1.54) is 12.3 Å². The van der Waals surface area contributed by atoms with Gasteiger partial charge < -0.3 is 10.6 Å². The summed E-state index contributed by atoms with van der Waals surface area (Å²) in [5.41, 5.74) is 0.582. The maximum absolute atomic E-state index is 11.7. The second-order valence-electron chi connectivity index (χ2n) is 3.43. The molecule has 1 rings (SSSR count). The second-order valence-corrected chi connectivity index (χ2v) is 3.43. The molecule has 0 unspecified atom stereocenters. The molecule has 18 heavy (non-hydrogen) atoms. The molecule has 0 radical (unpaired) electrons. The van der Waals surface area contributed by atoms with Crippen molar-refractivity contribution in [3.8, 4) is 0 Å².